The Morgan fingerprint density at radius 2 is 2.32 bits per heavy atom. The smallest absolute Gasteiger partial charge is 0.125 e. The van der Waals surface area contributed by atoms with Crippen LogP contribution < -0.4 is 4.74 Å². The van der Waals surface area contributed by atoms with Gasteiger partial charge in [0.25, 0.3) is 0 Å². The van der Waals surface area contributed by atoms with Crippen LogP contribution in [0.3, 0.4) is 0 Å². The zero-order valence-electron chi connectivity index (χ0n) is 11.9. The quantitative estimate of drug-likeness (QED) is 0.800. The molecule has 0 aromatic heterocycles. The van der Waals surface area contributed by atoms with E-state index in [9.17, 15) is 5.11 Å². The molecule has 1 fully saturated rings. The maximum atomic E-state index is 9.72. The standard InChI is InChI=1S/C16H24O3/c1-12-7-8-15(13(2)17)16(11-12)19-10-4-6-14-5-3-9-18-14/h7-8,11,13-14,17H,3-6,9-10H2,1-2H3/t13-,14?/m1/s1. The van der Waals surface area contributed by atoms with Crippen molar-refractivity contribution in [3.8, 4) is 5.75 Å². The maximum Gasteiger partial charge on any atom is 0.125 e. The van der Waals surface area contributed by atoms with Gasteiger partial charge in [-0.25, -0.2) is 0 Å². The lowest BCUT2D eigenvalue weighted by Crippen LogP contribution is -2.08. The molecule has 3 nitrogen and oxygen atoms in total. The first-order valence-corrected chi connectivity index (χ1v) is 7.20. The molecular formula is C16H24O3. The molecule has 2 atom stereocenters. The van der Waals surface area contributed by atoms with E-state index in [2.05, 4.69) is 0 Å². The molecule has 1 N–H and O–H groups in total. The zero-order valence-corrected chi connectivity index (χ0v) is 11.9. The summed E-state index contributed by atoms with van der Waals surface area (Å²) in [5.41, 5.74) is 2.02. The van der Waals surface area contributed by atoms with Crippen LogP contribution in [0.15, 0.2) is 18.2 Å². The number of rotatable bonds is 6. The molecule has 1 aromatic carbocycles. The van der Waals surface area contributed by atoms with Crippen molar-refractivity contribution in [1.29, 1.82) is 0 Å². The predicted octanol–water partition coefficient (Wildman–Crippen LogP) is 3.39. The molecule has 3 heteroatoms. The molecule has 1 aliphatic rings. The summed E-state index contributed by atoms with van der Waals surface area (Å²) in [6, 6.07) is 5.94. The zero-order chi connectivity index (χ0) is 13.7. The fourth-order valence-corrected chi connectivity index (χ4v) is 2.48. The van der Waals surface area contributed by atoms with E-state index in [1.165, 1.54) is 12.8 Å². The van der Waals surface area contributed by atoms with Crippen molar-refractivity contribution in [1.82, 2.24) is 0 Å². The first kappa shape index (κ1) is 14.4. The van der Waals surface area contributed by atoms with Gasteiger partial charge < -0.3 is 14.6 Å². The number of ether oxygens (including phenoxy) is 2. The van der Waals surface area contributed by atoms with Crippen LogP contribution in [0.5, 0.6) is 5.75 Å². The molecule has 0 amide bonds. The predicted molar refractivity (Wildman–Crippen MR) is 75.5 cm³/mol. The summed E-state index contributed by atoms with van der Waals surface area (Å²) in [6.07, 6.45) is 4.37. The van der Waals surface area contributed by atoms with Crippen LogP contribution in [-0.4, -0.2) is 24.4 Å². The van der Waals surface area contributed by atoms with E-state index >= 15 is 0 Å². The van der Waals surface area contributed by atoms with Crippen molar-refractivity contribution in [2.75, 3.05) is 13.2 Å². The molecule has 0 radical (unpaired) electrons. The number of benzene rings is 1. The van der Waals surface area contributed by atoms with Gasteiger partial charge in [-0.3, -0.25) is 0 Å². The van der Waals surface area contributed by atoms with E-state index in [0.717, 1.165) is 36.3 Å². The van der Waals surface area contributed by atoms with Crippen LogP contribution in [-0.2, 0) is 4.74 Å². The van der Waals surface area contributed by atoms with Crippen molar-refractivity contribution in [2.45, 2.75) is 51.7 Å². The summed E-state index contributed by atoms with van der Waals surface area (Å²) >= 11 is 0. The molecule has 0 aliphatic carbocycles. The van der Waals surface area contributed by atoms with Gasteiger partial charge in [-0.05, 0) is 51.2 Å². The molecule has 1 aromatic rings. The van der Waals surface area contributed by atoms with Gasteiger partial charge in [0.15, 0.2) is 0 Å². The third-order valence-corrected chi connectivity index (χ3v) is 3.57. The van der Waals surface area contributed by atoms with E-state index in [1.54, 1.807) is 6.92 Å². The van der Waals surface area contributed by atoms with Crippen molar-refractivity contribution in [3.63, 3.8) is 0 Å². The van der Waals surface area contributed by atoms with E-state index in [-0.39, 0.29) is 0 Å². The Morgan fingerprint density at radius 1 is 1.47 bits per heavy atom. The number of aliphatic hydroxyl groups is 1. The first-order valence-electron chi connectivity index (χ1n) is 7.20. The maximum absolute atomic E-state index is 9.72. The molecule has 19 heavy (non-hydrogen) atoms. The normalized spacial score (nSPS) is 20.5. The highest BCUT2D eigenvalue weighted by Gasteiger charge is 2.15. The van der Waals surface area contributed by atoms with Crippen molar-refractivity contribution >= 4 is 0 Å². The van der Waals surface area contributed by atoms with Crippen LogP contribution in [0.4, 0.5) is 0 Å². The Hall–Kier alpha value is -1.06. The fraction of sp³-hybridized carbons (Fsp3) is 0.625. The molecule has 0 spiro atoms. The van der Waals surface area contributed by atoms with Gasteiger partial charge in [-0.15, -0.1) is 0 Å². The minimum Gasteiger partial charge on any atom is -0.493 e. The van der Waals surface area contributed by atoms with Crippen LogP contribution in [0.25, 0.3) is 0 Å². The number of aryl methyl sites for hydroxylation is 1. The Balaban J connectivity index is 1.82. The molecular weight excluding hydrogens is 240 g/mol. The van der Waals surface area contributed by atoms with Crippen LogP contribution in [0.1, 0.15) is 49.8 Å². The lowest BCUT2D eigenvalue weighted by Gasteiger charge is -2.15. The molecule has 0 bridgehead atoms. The Bertz CT molecular complexity index is 395. The number of hydrogen-bond acceptors (Lipinski definition) is 3. The molecule has 1 saturated heterocycles. The second kappa shape index (κ2) is 6.92. The second-order valence-electron chi connectivity index (χ2n) is 5.34. The highest BCUT2D eigenvalue weighted by molar-refractivity contribution is 5.38. The number of hydrogen-bond donors (Lipinski definition) is 1. The van der Waals surface area contributed by atoms with Gasteiger partial charge in [0, 0.05) is 12.2 Å². The van der Waals surface area contributed by atoms with E-state index in [4.69, 9.17) is 9.47 Å². The molecule has 1 aliphatic heterocycles. The summed E-state index contributed by atoms with van der Waals surface area (Å²) in [7, 11) is 0. The van der Waals surface area contributed by atoms with Gasteiger partial charge in [0.2, 0.25) is 0 Å². The van der Waals surface area contributed by atoms with Crippen LogP contribution in [0, 0.1) is 6.92 Å². The van der Waals surface area contributed by atoms with E-state index in [1.807, 2.05) is 25.1 Å². The minimum atomic E-state index is -0.492. The van der Waals surface area contributed by atoms with Gasteiger partial charge in [0.1, 0.15) is 5.75 Å². The Kier molecular flexibility index (Phi) is 5.23. The Morgan fingerprint density at radius 3 is 3.00 bits per heavy atom. The van der Waals surface area contributed by atoms with Gasteiger partial charge in [-0.1, -0.05) is 12.1 Å². The van der Waals surface area contributed by atoms with Crippen molar-refractivity contribution in [2.24, 2.45) is 0 Å². The summed E-state index contributed by atoms with van der Waals surface area (Å²) in [5, 5.41) is 9.72. The number of aliphatic hydroxyl groups excluding tert-OH is 1. The van der Waals surface area contributed by atoms with Crippen LogP contribution >= 0.6 is 0 Å². The second-order valence-corrected chi connectivity index (χ2v) is 5.34. The summed E-state index contributed by atoms with van der Waals surface area (Å²) in [4.78, 5) is 0. The lowest BCUT2D eigenvalue weighted by atomic mass is 10.1. The summed E-state index contributed by atoms with van der Waals surface area (Å²) in [5.74, 6) is 0.808. The molecule has 1 heterocycles. The SMILES string of the molecule is Cc1ccc([C@@H](C)O)c(OCCCC2CCCO2)c1. The average molecular weight is 264 g/mol. The highest BCUT2D eigenvalue weighted by Crippen LogP contribution is 2.26. The molecule has 106 valence electrons. The molecule has 2 rings (SSSR count). The van der Waals surface area contributed by atoms with Crippen molar-refractivity contribution < 1.29 is 14.6 Å². The first-order chi connectivity index (χ1) is 9.16. The molecule has 1 unspecified atom stereocenters. The monoisotopic (exact) mass is 264 g/mol. The van der Waals surface area contributed by atoms with Gasteiger partial charge in [0.05, 0.1) is 18.8 Å². The summed E-state index contributed by atoms with van der Waals surface area (Å²) < 4.78 is 11.4. The highest BCUT2D eigenvalue weighted by atomic mass is 16.5. The average Bonchev–Trinajstić information content (AvgIpc) is 2.87. The lowest BCUT2D eigenvalue weighted by molar-refractivity contribution is 0.0978. The van der Waals surface area contributed by atoms with Crippen LogP contribution in [0.2, 0.25) is 0 Å². The van der Waals surface area contributed by atoms with E-state index < -0.39 is 6.10 Å². The van der Waals surface area contributed by atoms with Crippen molar-refractivity contribution in [3.05, 3.63) is 29.3 Å². The van der Waals surface area contributed by atoms with Gasteiger partial charge in [-0.2, -0.15) is 0 Å². The third kappa shape index (κ3) is 4.22. The molecule has 0 saturated carbocycles. The van der Waals surface area contributed by atoms with Gasteiger partial charge >= 0.3 is 0 Å². The largest absolute Gasteiger partial charge is 0.493 e. The summed E-state index contributed by atoms with van der Waals surface area (Å²) in [6.45, 7) is 5.40. The van der Waals surface area contributed by atoms with E-state index in [0.29, 0.717) is 12.7 Å². The Labute approximate surface area is 115 Å². The third-order valence-electron chi connectivity index (χ3n) is 3.57. The fourth-order valence-electron chi connectivity index (χ4n) is 2.48. The topological polar surface area (TPSA) is 38.7 Å². The minimum absolute atomic E-state index is 0.428.